The molecule has 1 aliphatic heterocycles. The van der Waals surface area contributed by atoms with E-state index in [1.54, 1.807) is 21.1 Å². The third-order valence-electron chi connectivity index (χ3n) is 5.08. The fraction of sp³-hybridized carbons (Fsp3) is 0.550. The van der Waals surface area contributed by atoms with E-state index in [1.165, 1.54) is 0 Å². The molecule has 1 saturated heterocycles. The zero-order valence-electron chi connectivity index (χ0n) is 17.1. The second kappa shape index (κ2) is 8.50. The van der Waals surface area contributed by atoms with Gasteiger partial charge in [-0.25, -0.2) is 0 Å². The summed E-state index contributed by atoms with van der Waals surface area (Å²) < 4.78 is 16.2. The van der Waals surface area contributed by atoms with Crippen LogP contribution in [-0.2, 0) is 4.79 Å². The lowest BCUT2D eigenvalue weighted by Gasteiger charge is -2.36. The van der Waals surface area contributed by atoms with E-state index in [1.807, 2.05) is 28.0 Å². The molecule has 0 radical (unpaired) electrons. The minimum atomic E-state index is -0.239. The van der Waals surface area contributed by atoms with E-state index in [2.05, 4.69) is 24.0 Å². The Balaban J connectivity index is 1.74. The van der Waals surface area contributed by atoms with Crippen LogP contribution in [-0.4, -0.2) is 61.4 Å². The summed E-state index contributed by atoms with van der Waals surface area (Å²) in [5, 5.41) is 7.94. The summed E-state index contributed by atoms with van der Waals surface area (Å²) in [6, 6.07) is 6.22. The number of benzene rings is 1. The Morgan fingerprint density at radius 3 is 2.29 bits per heavy atom. The van der Waals surface area contributed by atoms with Gasteiger partial charge in [-0.05, 0) is 23.6 Å². The first-order valence-corrected chi connectivity index (χ1v) is 9.50. The van der Waals surface area contributed by atoms with Gasteiger partial charge in [0.05, 0.1) is 20.1 Å². The molecule has 1 aliphatic rings. The number of methoxy groups -OCH3 is 2. The molecular weight excluding hydrogens is 360 g/mol. The van der Waals surface area contributed by atoms with Crippen molar-refractivity contribution in [3.8, 4) is 11.5 Å². The number of aromatic nitrogens is 2. The lowest BCUT2D eigenvalue weighted by molar-refractivity contribution is -0.134. The first kappa shape index (κ1) is 20.0. The molecule has 152 valence electrons. The van der Waals surface area contributed by atoms with Crippen LogP contribution in [0.4, 0.5) is 6.01 Å². The zero-order chi connectivity index (χ0) is 20.3. The molecule has 0 N–H and O–H groups in total. The monoisotopic (exact) mass is 388 g/mol. The molecule has 0 aliphatic carbocycles. The summed E-state index contributed by atoms with van der Waals surface area (Å²) in [4.78, 5) is 17.3. The molecule has 1 aromatic heterocycles. The Kier molecular flexibility index (Phi) is 6.06. The molecule has 28 heavy (non-hydrogen) atoms. The smallest absolute Gasteiger partial charge is 0.318 e. The SMILES string of the molecule is COc1ccc(C(C(=O)N2CCN(c3nnc(C)o3)CC2)C(C)C)cc1OC. The van der Waals surface area contributed by atoms with Crippen LogP contribution < -0.4 is 14.4 Å². The molecular formula is C20H28N4O4. The van der Waals surface area contributed by atoms with Gasteiger partial charge in [0.25, 0.3) is 0 Å². The molecule has 1 atom stereocenters. The average molecular weight is 388 g/mol. The molecule has 2 aromatic rings. The van der Waals surface area contributed by atoms with Gasteiger partial charge in [0.15, 0.2) is 11.5 Å². The predicted octanol–water partition coefficient (Wildman–Crippen LogP) is 2.48. The molecule has 0 saturated carbocycles. The number of ether oxygens (including phenoxy) is 2. The second-order valence-corrected chi connectivity index (χ2v) is 7.25. The summed E-state index contributed by atoms with van der Waals surface area (Å²) in [7, 11) is 3.21. The molecule has 1 amide bonds. The van der Waals surface area contributed by atoms with Gasteiger partial charge in [-0.3, -0.25) is 4.79 Å². The van der Waals surface area contributed by atoms with E-state index in [0.29, 0.717) is 49.6 Å². The number of piperazine rings is 1. The van der Waals surface area contributed by atoms with Gasteiger partial charge in [-0.15, -0.1) is 5.10 Å². The summed E-state index contributed by atoms with van der Waals surface area (Å²) in [6.07, 6.45) is 0. The number of anilines is 1. The number of carbonyl (C=O) groups is 1. The number of carbonyl (C=O) groups excluding carboxylic acids is 1. The molecule has 0 spiro atoms. The number of aryl methyl sites for hydroxylation is 1. The fourth-order valence-electron chi connectivity index (χ4n) is 3.59. The Morgan fingerprint density at radius 2 is 1.75 bits per heavy atom. The van der Waals surface area contributed by atoms with Crippen molar-refractivity contribution in [3.63, 3.8) is 0 Å². The van der Waals surface area contributed by atoms with E-state index in [4.69, 9.17) is 13.9 Å². The number of amides is 1. The largest absolute Gasteiger partial charge is 0.493 e. The van der Waals surface area contributed by atoms with Crippen LogP contribution in [0, 0.1) is 12.8 Å². The van der Waals surface area contributed by atoms with Gasteiger partial charge >= 0.3 is 6.01 Å². The summed E-state index contributed by atoms with van der Waals surface area (Å²) in [5.41, 5.74) is 0.938. The molecule has 1 unspecified atom stereocenters. The van der Waals surface area contributed by atoms with E-state index < -0.39 is 0 Å². The molecule has 1 aromatic carbocycles. The first-order chi connectivity index (χ1) is 13.4. The quantitative estimate of drug-likeness (QED) is 0.752. The Morgan fingerprint density at radius 1 is 1.07 bits per heavy atom. The van der Waals surface area contributed by atoms with Gasteiger partial charge in [-0.1, -0.05) is 25.0 Å². The van der Waals surface area contributed by atoms with E-state index >= 15 is 0 Å². The highest BCUT2D eigenvalue weighted by Gasteiger charge is 2.32. The lowest BCUT2D eigenvalue weighted by atomic mass is 9.86. The van der Waals surface area contributed by atoms with Crippen molar-refractivity contribution < 1.29 is 18.7 Å². The fourth-order valence-corrected chi connectivity index (χ4v) is 3.59. The predicted molar refractivity (Wildman–Crippen MR) is 105 cm³/mol. The number of hydrogen-bond donors (Lipinski definition) is 0. The van der Waals surface area contributed by atoms with E-state index in [9.17, 15) is 4.79 Å². The molecule has 0 bridgehead atoms. The topological polar surface area (TPSA) is 80.9 Å². The van der Waals surface area contributed by atoms with Crippen molar-refractivity contribution in [3.05, 3.63) is 29.7 Å². The Labute approximate surface area is 165 Å². The molecule has 3 rings (SSSR count). The van der Waals surface area contributed by atoms with Crippen LogP contribution in [0.1, 0.15) is 31.2 Å². The van der Waals surface area contributed by atoms with Crippen LogP contribution in [0.2, 0.25) is 0 Å². The molecule has 2 heterocycles. The highest BCUT2D eigenvalue weighted by molar-refractivity contribution is 5.84. The zero-order valence-corrected chi connectivity index (χ0v) is 17.1. The molecule has 8 nitrogen and oxygen atoms in total. The maximum atomic E-state index is 13.3. The highest BCUT2D eigenvalue weighted by atomic mass is 16.5. The average Bonchev–Trinajstić information content (AvgIpc) is 3.14. The van der Waals surface area contributed by atoms with Crippen molar-refractivity contribution in [1.82, 2.24) is 15.1 Å². The van der Waals surface area contributed by atoms with Crippen molar-refractivity contribution in [2.24, 2.45) is 5.92 Å². The lowest BCUT2D eigenvalue weighted by Crippen LogP contribution is -2.50. The van der Waals surface area contributed by atoms with Crippen molar-refractivity contribution in [2.45, 2.75) is 26.7 Å². The number of nitrogens with zero attached hydrogens (tertiary/aromatic N) is 4. The van der Waals surface area contributed by atoms with Gasteiger partial charge in [0.1, 0.15) is 0 Å². The maximum absolute atomic E-state index is 13.3. The highest BCUT2D eigenvalue weighted by Crippen LogP contribution is 2.34. The third kappa shape index (κ3) is 4.05. The minimum absolute atomic E-state index is 0.128. The van der Waals surface area contributed by atoms with E-state index in [0.717, 1.165) is 5.56 Å². The van der Waals surface area contributed by atoms with Gasteiger partial charge in [0.2, 0.25) is 11.8 Å². The Hall–Kier alpha value is -2.77. The number of rotatable bonds is 6. The van der Waals surface area contributed by atoms with Crippen molar-refractivity contribution in [2.75, 3.05) is 45.3 Å². The second-order valence-electron chi connectivity index (χ2n) is 7.25. The Bertz CT molecular complexity index is 812. The first-order valence-electron chi connectivity index (χ1n) is 9.50. The normalized spacial score (nSPS) is 15.6. The van der Waals surface area contributed by atoms with Crippen LogP contribution in [0.25, 0.3) is 0 Å². The van der Waals surface area contributed by atoms with Crippen LogP contribution >= 0.6 is 0 Å². The molecule has 1 fully saturated rings. The van der Waals surface area contributed by atoms with Crippen molar-refractivity contribution >= 4 is 11.9 Å². The van der Waals surface area contributed by atoms with Crippen LogP contribution in [0.3, 0.4) is 0 Å². The number of hydrogen-bond acceptors (Lipinski definition) is 7. The van der Waals surface area contributed by atoms with Crippen LogP contribution in [0.5, 0.6) is 11.5 Å². The van der Waals surface area contributed by atoms with Gasteiger partial charge < -0.3 is 23.7 Å². The van der Waals surface area contributed by atoms with Gasteiger partial charge in [0, 0.05) is 33.1 Å². The summed E-state index contributed by atoms with van der Waals surface area (Å²) in [5.74, 6) is 1.88. The maximum Gasteiger partial charge on any atom is 0.318 e. The standard InChI is InChI=1S/C20H28N4O4/c1-13(2)18(15-6-7-16(26-4)17(12-15)27-5)19(25)23-8-10-24(11-9-23)20-22-21-14(3)28-20/h6-7,12-13,18H,8-11H2,1-5H3. The minimum Gasteiger partial charge on any atom is -0.493 e. The van der Waals surface area contributed by atoms with E-state index in [-0.39, 0.29) is 17.7 Å². The molecule has 8 heteroatoms. The van der Waals surface area contributed by atoms with Gasteiger partial charge in [-0.2, -0.15) is 0 Å². The summed E-state index contributed by atoms with van der Waals surface area (Å²) >= 11 is 0. The van der Waals surface area contributed by atoms with Crippen LogP contribution in [0.15, 0.2) is 22.6 Å². The van der Waals surface area contributed by atoms with Crippen molar-refractivity contribution in [1.29, 1.82) is 0 Å². The summed E-state index contributed by atoms with van der Waals surface area (Å²) in [6.45, 7) is 8.49. The third-order valence-corrected chi connectivity index (χ3v) is 5.08.